The van der Waals surface area contributed by atoms with Gasteiger partial charge in [0.05, 0.1) is 23.2 Å². The Hall–Kier alpha value is -4.56. The number of anilines is 2. The van der Waals surface area contributed by atoms with Crippen LogP contribution in [0.4, 0.5) is 10.8 Å². The molecule has 0 saturated carbocycles. The van der Waals surface area contributed by atoms with Gasteiger partial charge in [-0.2, -0.15) is 0 Å². The molecule has 4 heterocycles. The zero-order chi connectivity index (χ0) is 27.1. The lowest BCUT2D eigenvalue weighted by atomic mass is 9.84. The Labute approximate surface area is 227 Å². The summed E-state index contributed by atoms with van der Waals surface area (Å²) in [6, 6.07) is 18.8. The van der Waals surface area contributed by atoms with Crippen molar-refractivity contribution in [2.75, 3.05) is 9.80 Å². The average Bonchev–Trinajstić information content (AvgIpc) is 3.60. The monoisotopic (exact) mass is 533 g/mol. The zero-order valence-corrected chi connectivity index (χ0v) is 22.3. The quantitative estimate of drug-likeness (QED) is 0.300. The molecule has 5 aromatic rings. The van der Waals surface area contributed by atoms with Crippen LogP contribution in [0.25, 0.3) is 11.0 Å². The number of aryl methyl sites for hydroxylation is 3. The molecule has 2 aromatic heterocycles. The third-order valence-corrected chi connectivity index (χ3v) is 8.70. The Morgan fingerprint density at radius 2 is 1.67 bits per heavy atom. The van der Waals surface area contributed by atoms with Crippen molar-refractivity contribution in [1.82, 2.24) is 4.98 Å². The van der Waals surface area contributed by atoms with Crippen molar-refractivity contribution in [3.8, 4) is 0 Å². The van der Waals surface area contributed by atoms with Crippen molar-refractivity contribution in [3.63, 3.8) is 0 Å². The van der Waals surface area contributed by atoms with Gasteiger partial charge in [-0.25, -0.2) is 4.98 Å². The normalized spacial score (nSPS) is 17.9. The number of nitrogens with zero attached hydrogens (tertiary/aromatic N) is 3. The molecule has 7 rings (SSSR count). The van der Waals surface area contributed by atoms with Gasteiger partial charge in [-0.1, -0.05) is 42.5 Å². The molecule has 1 spiro atoms. The highest BCUT2D eigenvalue weighted by Gasteiger charge is 2.66. The fourth-order valence-electron chi connectivity index (χ4n) is 5.86. The van der Waals surface area contributed by atoms with E-state index in [9.17, 15) is 14.4 Å². The van der Waals surface area contributed by atoms with E-state index in [-0.39, 0.29) is 29.2 Å². The molecular formula is C31H23N3O4S. The average molecular weight is 534 g/mol. The van der Waals surface area contributed by atoms with E-state index in [1.54, 1.807) is 28.6 Å². The molecule has 2 amide bonds. The van der Waals surface area contributed by atoms with Crippen molar-refractivity contribution in [2.45, 2.75) is 32.9 Å². The van der Waals surface area contributed by atoms with Crippen LogP contribution in [0.1, 0.15) is 43.9 Å². The smallest absolute Gasteiger partial charge is 0.297 e. The first-order valence-corrected chi connectivity index (χ1v) is 13.5. The van der Waals surface area contributed by atoms with Gasteiger partial charge in [0.1, 0.15) is 5.58 Å². The van der Waals surface area contributed by atoms with Crippen molar-refractivity contribution in [1.29, 1.82) is 0 Å². The second-order valence-corrected chi connectivity index (χ2v) is 10.9. The van der Waals surface area contributed by atoms with Gasteiger partial charge in [0.25, 0.3) is 11.8 Å². The Balaban J connectivity index is 1.57. The third kappa shape index (κ3) is 3.03. The summed E-state index contributed by atoms with van der Waals surface area (Å²) in [5.74, 6) is -1.06. The molecule has 0 N–H and O–H groups in total. The molecule has 1 atom stereocenters. The summed E-state index contributed by atoms with van der Waals surface area (Å²) < 4.78 is 6.20. The maximum absolute atomic E-state index is 14.9. The number of benzene rings is 3. The van der Waals surface area contributed by atoms with Crippen molar-refractivity contribution >= 4 is 44.9 Å². The summed E-state index contributed by atoms with van der Waals surface area (Å²) in [7, 11) is 0. The summed E-state index contributed by atoms with van der Waals surface area (Å²) >= 11 is 1.23. The summed E-state index contributed by atoms with van der Waals surface area (Å²) in [6.07, 6.45) is 1.58. The SMILES string of the molecule is Cc1cc2oc3c(c(=O)c2cc1C)C1(C(=O)N(Cc2ccccc2C)c2ccccc21)N(c1nccs1)C3=O. The van der Waals surface area contributed by atoms with Crippen LogP contribution in [0.15, 0.2) is 81.5 Å². The van der Waals surface area contributed by atoms with Crippen molar-refractivity contribution < 1.29 is 14.0 Å². The maximum atomic E-state index is 14.9. The number of rotatable bonds is 3. The van der Waals surface area contributed by atoms with Crippen molar-refractivity contribution in [2.24, 2.45) is 0 Å². The number of carbonyl (C=O) groups is 2. The van der Waals surface area contributed by atoms with E-state index < -0.39 is 11.4 Å². The van der Waals surface area contributed by atoms with Gasteiger partial charge in [0, 0.05) is 17.1 Å². The predicted molar refractivity (Wildman–Crippen MR) is 150 cm³/mol. The van der Waals surface area contributed by atoms with E-state index in [0.29, 0.717) is 27.4 Å². The molecule has 0 radical (unpaired) electrons. The predicted octanol–water partition coefficient (Wildman–Crippen LogP) is 5.63. The molecule has 0 saturated heterocycles. The van der Waals surface area contributed by atoms with Crippen molar-refractivity contribution in [3.05, 3.63) is 122 Å². The largest absolute Gasteiger partial charge is 0.450 e. The molecule has 3 aromatic carbocycles. The summed E-state index contributed by atoms with van der Waals surface area (Å²) in [5, 5.41) is 2.41. The zero-order valence-electron chi connectivity index (χ0n) is 21.5. The van der Waals surface area contributed by atoms with Gasteiger partial charge in [0.15, 0.2) is 16.1 Å². The highest BCUT2D eigenvalue weighted by atomic mass is 32.1. The summed E-state index contributed by atoms with van der Waals surface area (Å²) in [5.41, 5.74) is 3.32. The second kappa shape index (κ2) is 8.22. The first-order chi connectivity index (χ1) is 18.8. The number of carbonyl (C=O) groups excluding carboxylic acids is 2. The Morgan fingerprint density at radius 3 is 2.44 bits per heavy atom. The Morgan fingerprint density at radius 1 is 0.923 bits per heavy atom. The number of hydrogen-bond acceptors (Lipinski definition) is 6. The van der Waals surface area contributed by atoms with Gasteiger partial charge < -0.3 is 9.32 Å². The number of para-hydroxylation sites is 1. The van der Waals surface area contributed by atoms with E-state index in [0.717, 1.165) is 22.3 Å². The van der Waals surface area contributed by atoms with Crippen LogP contribution in [0.3, 0.4) is 0 Å². The number of hydrogen-bond donors (Lipinski definition) is 0. The van der Waals surface area contributed by atoms with Crippen LogP contribution >= 0.6 is 11.3 Å². The van der Waals surface area contributed by atoms with Gasteiger partial charge in [0.2, 0.25) is 5.76 Å². The topological polar surface area (TPSA) is 83.7 Å². The standard InChI is InChI=1S/C31H23N3O4S/c1-17-8-4-5-9-20(17)16-33-23-11-7-6-10-22(23)31(29(33)37)25-26(35)21-14-18(2)19(3)15-24(21)38-27(25)28(36)34(31)30-32-12-13-39-30/h4-15H,16H2,1-3H3. The minimum Gasteiger partial charge on any atom is -0.450 e. The van der Waals surface area contributed by atoms with E-state index in [1.807, 2.05) is 69.3 Å². The minimum atomic E-state index is -1.74. The van der Waals surface area contributed by atoms with E-state index in [4.69, 9.17) is 4.42 Å². The molecule has 0 aliphatic carbocycles. The first kappa shape index (κ1) is 23.5. The van der Waals surface area contributed by atoms with Gasteiger partial charge in [-0.3, -0.25) is 19.3 Å². The lowest BCUT2D eigenvalue weighted by molar-refractivity contribution is -0.121. The first-order valence-electron chi connectivity index (χ1n) is 12.6. The van der Waals surface area contributed by atoms with Crippen LogP contribution in [0.2, 0.25) is 0 Å². The fourth-order valence-corrected chi connectivity index (χ4v) is 6.55. The number of fused-ring (bicyclic) bond motifs is 5. The Kier molecular flexibility index (Phi) is 4.96. The highest BCUT2D eigenvalue weighted by molar-refractivity contribution is 7.13. The van der Waals surface area contributed by atoms with Crippen LogP contribution in [0, 0.1) is 20.8 Å². The molecule has 1 unspecified atom stereocenters. The van der Waals surface area contributed by atoms with Crippen LogP contribution in [0.5, 0.6) is 0 Å². The highest BCUT2D eigenvalue weighted by Crippen LogP contribution is 2.54. The molecule has 8 heteroatoms. The second-order valence-electron chi connectivity index (χ2n) is 10.1. The lowest BCUT2D eigenvalue weighted by Gasteiger charge is -2.32. The molecule has 7 nitrogen and oxygen atoms in total. The van der Waals surface area contributed by atoms with Crippen LogP contribution in [-0.2, 0) is 16.9 Å². The van der Waals surface area contributed by atoms with E-state index in [1.165, 1.54) is 16.2 Å². The van der Waals surface area contributed by atoms with Gasteiger partial charge >= 0.3 is 0 Å². The number of aromatic nitrogens is 1. The molecule has 0 fully saturated rings. The molecular weight excluding hydrogens is 510 g/mol. The summed E-state index contributed by atoms with van der Waals surface area (Å²) in [4.78, 5) is 50.8. The summed E-state index contributed by atoms with van der Waals surface area (Å²) in [6.45, 7) is 6.13. The minimum absolute atomic E-state index is 0.0446. The fraction of sp³-hybridized carbons (Fsp3) is 0.161. The van der Waals surface area contributed by atoms with E-state index in [2.05, 4.69) is 4.98 Å². The molecule has 39 heavy (non-hydrogen) atoms. The molecule has 2 aliphatic heterocycles. The third-order valence-electron chi connectivity index (χ3n) is 7.94. The van der Waals surface area contributed by atoms with Gasteiger partial charge in [-0.15, -0.1) is 11.3 Å². The van der Waals surface area contributed by atoms with Crippen LogP contribution in [-0.4, -0.2) is 16.8 Å². The molecule has 2 aliphatic rings. The van der Waals surface area contributed by atoms with E-state index >= 15 is 0 Å². The number of thiazole rings is 1. The molecule has 192 valence electrons. The number of amides is 2. The van der Waals surface area contributed by atoms with Gasteiger partial charge in [-0.05, 0) is 61.2 Å². The maximum Gasteiger partial charge on any atom is 0.297 e. The lowest BCUT2D eigenvalue weighted by Crippen LogP contribution is -2.53. The molecule has 0 bridgehead atoms. The Bertz CT molecular complexity index is 1910. The van der Waals surface area contributed by atoms with Crippen LogP contribution < -0.4 is 15.2 Å².